The number of hydrogen-bond acceptors (Lipinski definition) is 5. The number of rotatable bonds is 5. The van der Waals surface area contributed by atoms with Crippen molar-refractivity contribution in [1.29, 1.82) is 0 Å². The zero-order valence-corrected chi connectivity index (χ0v) is 18.2. The lowest BCUT2D eigenvalue weighted by Crippen LogP contribution is -2.44. The van der Waals surface area contributed by atoms with Crippen LogP contribution in [-0.2, 0) is 19.1 Å². The van der Waals surface area contributed by atoms with Crippen molar-refractivity contribution in [1.82, 2.24) is 4.90 Å². The number of ketones is 1. The number of Topliss-reactive ketones (excluding diaryl/α,β-unsaturated/α-hetero) is 1. The summed E-state index contributed by atoms with van der Waals surface area (Å²) in [6.45, 7) is -0.380. The predicted octanol–water partition coefficient (Wildman–Crippen LogP) is 3.16. The number of nitrogens with zero attached hydrogens (tertiary/aromatic N) is 1. The van der Waals surface area contributed by atoms with Gasteiger partial charge in [-0.1, -0.05) is 12.2 Å². The van der Waals surface area contributed by atoms with E-state index in [0.29, 0.717) is 43.1 Å². The van der Waals surface area contributed by atoms with Crippen molar-refractivity contribution >= 4 is 23.6 Å². The molecule has 0 radical (unpaired) electrons. The molecule has 6 aliphatic rings. The van der Waals surface area contributed by atoms with E-state index in [1.807, 2.05) is 0 Å². The standard InChI is InChI=1S/C26H26FNO5/c27-15-5-1-13(2-6-15)21(29)12-33-26(32)14-3-7-16(8-4-14)28-24(30)22-17-9-10-18(20-11-19(17)20)23(22)25(28)31/h1-2,5-6,9-10,14,16-20,22-23H,3-4,7-8,11-12H2/t14?,16?,17-,18+,19-,20-,22+,23+/m1/s1. The second-order valence-electron chi connectivity index (χ2n) is 10.2. The fraction of sp³-hybridized carbons (Fsp3) is 0.538. The van der Waals surface area contributed by atoms with Crippen LogP contribution in [0.5, 0.6) is 0 Å². The minimum Gasteiger partial charge on any atom is -0.457 e. The number of hydrogen-bond donors (Lipinski definition) is 0. The molecule has 1 saturated heterocycles. The van der Waals surface area contributed by atoms with Crippen LogP contribution in [0.4, 0.5) is 4.39 Å². The Labute approximate surface area is 191 Å². The molecule has 0 N–H and O–H groups in total. The third kappa shape index (κ3) is 3.27. The fourth-order valence-corrected chi connectivity index (χ4v) is 6.88. The van der Waals surface area contributed by atoms with Crippen molar-refractivity contribution < 1.29 is 28.3 Å². The van der Waals surface area contributed by atoms with E-state index in [-0.39, 0.29) is 59.8 Å². The van der Waals surface area contributed by atoms with E-state index in [9.17, 15) is 23.6 Å². The number of halogens is 1. The maximum Gasteiger partial charge on any atom is 0.309 e. The Hall–Kier alpha value is -2.83. The van der Waals surface area contributed by atoms with Gasteiger partial charge in [-0.3, -0.25) is 24.1 Å². The zero-order valence-electron chi connectivity index (χ0n) is 18.2. The summed E-state index contributed by atoms with van der Waals surface area (Å²) < 4.78 is 18.2. The first-order valence-electron chi connectivity index (χ1n) is 11.9. The predicted molar refractivity (Wildman–Crippen MR) is 114 cm³/mol. The normalized spacial score (nSPS) is 38.2. The van der Waals surface area contributed by atoms with Crippen LogP contribution in [0.2, 0.25) is 0 Å². The highest BCUT2D eigenvalue weighted by atomic mass is 19.1. The zero-order chi connectivity index (χ0) is 22.9. The summed E-state index contributed by atoms with van der Waals surface area (Å²) in [5.41, 5.74) is 0.293. The molecule has 5 aliphatic carbocycles. The fourth-order valence-electron chi connectivity index (χ4n) is 6.88. The summed E-state index contributed by atoms with van der Waals surface area (Å²) >= 11 is 0. The Balaban J connectivity index is 1.04. The largest absolute Gasteiger partial charge is 0.457 e. The topological polar surface area (TPSA) is 80.8 Å². The minimum absolute atomic E-state index is 0.00868. The van der Waals surface area contributed by atoms with Crippen LogP contribution in [0.25, 0.3) is 0 Å². The monoisotopic (exact) mass is 451 g/mol. The number of carbonyl (C=O) groups excluding carboxylic acids is 4. The maximum absolute atomic E-state index is 13.3. The third-order valence-electron chi connectivity index (χ3n) is 8.60. The summed E-state index contributed by atoms with van der Waals surface area (Å²) in [7, 11) is 0. The number of esters is 1. The summed E-state index contributed by atoms with van der Waals surface area (Å²) in [4.78, 5) is 52.7. The number of carbonyl (C=O) groups is 4. The highest BCUT2D eigenvalue weighted by molar-refractivity contribution is 6.06. The average Bonchev–Trinajstić information content (AvgIpc) is 3.61. The molecule has 4 fully saturated rings. The molecule has 2 bridgehead atoms. The summed E-state index contributed by atoms with van der Waals surface area (Å²) in [5.74, 6) is -0.370. The molecule has 3 saturated carbocycles. The van der Waals surface area contributed by atoms with Crippen LogP contribution < -0.4 is 0 Å². The van der Waals surface area contributed by atoms with Gasteiger partial charge in [0.2, 0.25) is 11.8 Å². The van der Waals surface area contributed by atoms with Crippen molar-refractivity contribution in [3.8, 4) is 0 Å². The number of benzene rings is 1. The van der Waals surface area contributed by atoms with Crippen LogP contribution in [0, 0.1) is 47.2 Å². The lowest BCUT2D eigenvalue weighted by molar-refractivity contribution is -0.149. The molecule has 6 atom stereocenters. The Morgan fingerprint density at radius 3 is 2.06 bits per heavy atom. The molecule has 1 heterocycles. The van der Waals surface area contributed by atoms with Crippen LogP contribution in [0.1, 0.15) is 42.5 Å². The van der Waals surface area contributed by atoms with E-state index < -0.39 is 11.8 Å². The minimum atomic E-state index is -0.435. The molecule has 2 amide bonds. The van der Waals surface area contributed by atoms with Crippen molar-refractivity contribution in [3.05, 3.63) is 47.8 Å². The Morgan fingerprint density at radius 2 is 1.48 bits per heavy atom. The molecule has 0 spiro atoms. The second kappa shape index (κ2) is 7.61. The van der Waals surface area contributed by atoms with Crippen molar-refractivity contribution in [2.75, 3.05) is 6.61 Å². The molecule has 1 aromatic carbocycles. The smallest absolute Gasteiger partial charge is 0.309 e. The summed E-state index contributed by atoms with van der Waals surface area (Å²) in [6.07, 6.45) is 7.71. The van der Waals surface area contributed by atoms with Crippen LogP contribution in [0.15, 0.2) is 36.4 Å². The molecule has 1 aromatic rings. The van der Waals surface area contributed by atoms with Gasteiger partial charge in [-0.2, -0.15) is 0 Å². The first kappa shape index (κ1) is 20.8. The molecule has 7 heteroatoms. The number of likely N-dealkylation sites (tertiary alicyclic amines) is 1. The summed E-state index contributed by atoms with van der Waals surface area (Å²) in [5, 5.41) is 0. The van der Waals surface area contributed by atoms with Crippen LogP contribution in [0.3, 0.4) is 0 Å². The lowest BCUT2D eigenvalue weighted by Gasteiger charge is -2.37. The van der Waals surface area contributed by atoms with Crippen LogP contribution >= 0.6 is 0 Å². The SMILES string of the molecule is O=C(COC(=O)C1CCC(N2C(=O)[C@H]3[C@@H]4C=C[C@@H]([C@H]5C[C@H]45)[C@@H]3C2=O)CC1)c1ccc(F)cc1. The second-order valence-corrected chi connectivity index (χ2v) is 10.2. The average molecular weight is 451 g/mol. The van der Waals surface area contributed by atoms with E-state index in [1.54, 1.807) is 0 Å². The van der Waals surface area contributed by atoms with E-state index in [1.165, 1.54) is 29.2 Å². The van der Waals surface area contributed by atoms with Gasteiger partial charge in [0, 0.05) is 11.6 Å². The quantitative estimate of drug-likeness (QED) is 0.297. The molecule has 172 valence electrons. The first-order chi connectivity index (χ1) is 15.9. The molecular weight excluding hydrogens is 425 g/mol. The number of amides is 2. The molecule has 0 aromatic heterocycles. The van der Waals surface area contributed by atoms with E-state index in [4.69, 9.17) is 4.74 Å². The van der Waals surface area contributed by atoms with Gasteiger partial charge >= 0.3 is 5.97 Å². The maximum atomic E-state index is 13.3. The van der Waals surface area contributed by atoms with E-state index >= 15 is 0 Å². The Bertz CT molecular complexity index is 1020. The molecule has 0 unspecified atom stereocenters. The van der Waals surface area contributed by atoms with Gasteiger partial charge in [0.1, 0.15) is 5.82 Å². The van der Waals surface area contributed by atoms with Crippen molar-refractivity contribution in [2.24, 2.45) is 41.4 Å². The van der Waals surface area contributed by atoms with Crippen molar-refractivity contribution in [3.63, 3.8) is 0 Å². The van der Waals surface area contributed by atoms with Gasteiger partial charge in [0.15, 0.2) is 12.4 Å². The molecule has 33 heavy (non-hydrogen) atoms. The molecule has 6 nitrogen and oxygen atoms in total. The number of ether oxygens (including phenoxy) is 1. The highest BCUT2D eigenvalue weighted by Gasteiger charge is 2.67. The number of imide groups is 1. The van der Waals surface area contributed by atoms with Gasteiger partial charge in [0.05, 0.1) is 17.8 Å². The lowest BCUT2D eigenvalue weighted by atomic mass is 9.63. The van der Waals surface area contributed by atoms with Gasteiger partial charge in [-0.05, 0) is 80.0 Å². The Kier molecular flexibility index (Phi) is 4.78. The summed E-state index contributed by atoms with van der Waals surface area (Å²) in [6, 6.07) is 4.96. The van der Waals surface area contributed by atoms with Crippen molar-refractivity contribution in [2.45, 2.75) is 38.1 Å². The third-order valence-corrected chi connectivity index (χ3v) is 8.60. The van der Waals surface area contributed by atoms with Gasteiger partial charge in [0.25, 0.3) is 0 Å². The van der Waals surface area contributed by atoms with Gasteiger partial charge in [-0.15, -0.1) is 0 Å². The van der Waals surface area contributed by atoms with Gasteiger partial charge in [-0.25, -0.2) is 4.39 Å². The van der Waals surface area contributed by atoms with Gasteiger partial charge < -0.3 is 4.74 Å². The Morgan fingerprint density at radius 1 is 0.909 bits per heavy atom. The molecular formula is C26H26FNO5. The van der Waals surface area contributed by atoms with E-state index in [2.05, 4.69) is 12.2 Å². The highest BCUT2D eigenvalue weighted by Crippen LogP contribution is 2.65. The first-order valence-corrected chi connectivity index (χ1v) is 11.9. The molecule has 1 aliphatic heterocycles. The van der Waals surface area contributed by atoms with Crippen LogP contribution in [-0.4, -0.2) is 41.1 Å². The molecule has 7 rings (SSSR count). The number of allylic oxidation sites excluding steroid dienone is 2. The van der Waals surface area contributed by atoms with E-state index in [0.717, 1.165) is 6.42 Å².